The Labute approximate surface area is 103 Å². The second-order valence-electron chi connectivity index (χ2n) is 5.86. The van der Waals surface area contributed by atoms with Gasteiger partial charge in [-0.05, 0) is 19.8 Å². The average molecular weight is 240 g/mol. The summed E-state index contributed by atoms with van der Waals surface area (Å²) < 4.78 is 0. The Hall–Kier alpha value is -0.610. The van der Waals surface area contributed by atoms with Gasteiger partial charge >= 0.3 is 0 Å². The number of β-amino-alcohol motifs (C(OH)–C–C–N with tert-alkyl or cyclic N) is 1. The first-order chi connectivity index (χ1) is 8.05. The van der Waals surface area contributed by atoms with E-state index in [0.29, 0.717) is 25.6 Å². The summed E-state index contributed by atoms with van der Waals surface area (Å²) in [6.07, 6.45) is 6.66. The maximum absolute atomic E-state index is 11.7. The molecule has 0 atom stereocenters. The zero-order valence-electron chi connectivity index (χ0n) is 10.7. The highest BCUT2D eigenvalue weighted by Gasteiger charge is 2.36. The summed E-state index contributed by atoms with van der Waals surface area (Å²) in [6, 6.07) is 0.413. The van der Waals surface area contributed by atoms with Gasteiger partial charge in [0.05, 0.1) is 5.60 Å². The van der Waals surface area contributed by atoms with E-state index in [-0.39, 0.29) is 5.91 Å². The second kappa shape index (κ2) is 5.36. The minimum Gasteiger partial charge on any atom is -0.388 e. The molecule has 2 N–H and O–H groups in total. The van der Waals surface area contributed by atoms with E-state index < -0.39 is 5.60 Å². The number of carbonyl (C=O) groups excluding carboxylic acids is 1. The fourth-order valence-electron chi connectivity index (χ4n) is 2.88. The van der Waals surface area contributed by atoms with E-state index in [1.165, 1.54) is 19.3 Å². The normalized spacial score (nSPS) is 25.3. The van der Waals surface area contributed by atoms with Gasteiger partial charge in [0.1, 0.15) is 0 Å². The molecule has 0 radical (unpaired) electrons. The van der Waals surface area contributed by atoms with Crippen LogP contribution in [0.25, 0.3) is 0 Å². The van der Waals surface area contributed by atoms with Crippen molar-refractivity contribution < 1.29 is 9.90 Å². The Bertz CT molecular complexity index is 265. The predicted molar refractivity (Wildman–Crippen MR) is 66.7 cm³/mol. The zero-order chi connectivity index (χ0) is 12.3. The van der Waals surface area contributed by atoms with Gasteiger partial charge in [-0.15, -0.1) is 0 Å². The van der Waals surface area contributed by atoms with Crippen LogP contribution in [0.5, 0.6) is 0 Å². The molecule has 0 aromatic carbocycles. The number of nitrogens with zero attached hydrogens (tertiary/aromatic N) is 1. The highest BCUT2D eigenvalue weighted by molar-refractivity contribution is 5.76. The van der Waals surface area contributed by atoms with Crippen molar-refractivity contribution in [2.24, 2.45) is 0 Å². The smallest absolute Gasteiger partial charge is 0.221 e. The van der Waals surface area contributed by atoms with Crippen molar-refractivity contribution in [2.45, 2.75) is 57.1 Å². The van der Waals surface area contributed by atoms with Crippen molar-refractivity contribution in [1.82, 2.24) is 10.2 Å². The fraction of sp³-hybridized carbons (Fsp3) is 0.923. The summed E-state index contributed by atoms with van der Waals surface area (Å²) in [5.74, 6) is 0.170. The second-order valence-corrected chi connectivity index (χ2v) is 5.86. The molecule has 1 amide bonds. The minimum atomic E-state index is -0.528. The molecule has 1 aliphatic carbocycles. The molecule has 0 unspecified atom stereocenters. The molecule has 1 aliphatic heterocycles. The third-order valence-corrected chi connectivity index (χ3v) is 3.75. The van der Waals surface area contributed by atoms with E-state index in [1.54, 1.807) is 0 Å². The van der Waals surface area contributed by atoms with E-state index in [4.69, 9.17) is 0 Å². The van der Waals surface area contributed by atoms with E-state index in [1.807, 2.05) is 6.92 Å². The Morgan fingerprint density at radius 3 is 2.59 bits per heavy atom. The number of likely N-dealkylation sites (tertiary alicyclic amines) is 1. The SMILES string of the molecule is CC1(O)CN(CCC(=O)NC2CCCCC2)C1. The maximum Gasteiger partial charge on any atom is 0.221 e. The molecular weight excluding hydrogens is 216 g/mol. The van der Waals surface area contributed by atoms with Gasteiger partial charge in [-0.1, -0.05) is 19.3 Å². The predicted octanol–water partition coefficient (Wildman–Crippen LogP) is 0.892. The van der Waals surface area contributed by atoms with Crippen LogP contribution >= 0.6 is 0 Å². The van der Waals surface area contributed by atoms with Crippen LogP contribution in [0.2, 0.25) is 0 Å². The van der Waals surface area contributed by atoms with E-state index in [2.05, 4.69) is 10.2 Å². The molecule has 2 rings (SSSR count). The lowest BCUT2D eigenvalue weighted by molar-refractivity contribution is -0.124. The van der Waals surface area contributed by atoms with Crippen LogP contribution in [0.4, 0.5) is 0 Å². The first-order valence-electron chi connectivity index (χ1n) is 6.79. The van der Waals surface area contributed by atoms with Crippen LogP contribution < -0.4 is 5.32 Å². The molecule has 0 bridgehead atoms. The molecule has 4 nitrogen and oxygen atoms in total. The largest absolute Gasteiger partial charge is 0.388 e. The molecule has 1 heterocycles. The first kappa shape index (κ1) is 12.8. The van der Waals surface area contributed by atoms with Gasteiger partial charge in [0.15, 0.2) is 0 Å². The molecule has 0 aromatic rings. The Kier molecular flexibility index (Phi) is 4.05. The maximum atomic E-state index is 11.7. The van der Waals surface area contributed by atoms with Crippen molar-refractivity contribution in [2.75, 3.05) is 19.6 Å². The Morgan fingerprint density at radius 2 is 2.00 bits per heavy atom. The van der Waals surface area contributed by atoms with Gasteiger partial charge in [0.25, 0.3) is 0 Å². The summed E-state index contributed by atoms with van der Waals surface area (Å²) in [6.45, 7) is 4.01. The van der Waals surface area contributed by atoms with Crippen LogP contribution in [0.3, 0.4) is 0 Å². The lowest BCUT2D eigenvalue weighted by Gasteiger charge is -2.44. The molecule has 0 aromatic heterocycles. The monoisotopic (exact) mass is 240 g/mol. The molecule has 17 heavy (non-hydrogen) atoms. The number of aliphatic hydroxyl groups is 1. The summed E-state index contributed by atoms with van der Waals surface area (Å²) in [4.78, 5) is 13.8. The Balaban J connectivity index is 1.58. The molecule has 2 fully saturated rings. The van der Waals surface area contributed by atoms with Crippen molar-refractivity contribution in [3.05, 3.63) is 0 Å². The van der Waals surface area contributed by atoms with E-state index >= 15 is 0 Å². The van der Waals surface area contributed by atoms with E-state index in [9.17, 15) is 9.90 Å². The topological polar surface area (TPSA) is 52.6 Å². The Morgan fingerprint density at radius 1 is 1.35 bits per heavy atom. The lowest BCUT2D eigenvalue weighted by Crippen LogP contribution is -2.60. The standard InChI is InChI=1S/C13H24N2O2/c1-13(17)9-15(10-13)8-7-12(16)14-11-5-3-2-4-6-11/h11,17H,2-10H2,1H3,(H,14,16). The molecular formula is C13H24N2O2. The van der Waals surface area contributed by atoms with Crippen molar-refractivity contribution in [3.8, 4) is 0 Å². The van der Waals surface area contributed by atoms with Crippen LogP contribution in [-0.2, 0) is 4.79 Å². The summed E-state index contributed by atoms with van der Waals surface area (Å²) in [5.41, 5.74) is -0.528. The van der Waals surface area contributed by atoms with Crippen LogP contribution in [-0.4, -0.2) is 47.2 Å². The van der Waals surface area contributed by atoms with Gasteiger partial charge in [0.2, 0.25) is 5.91 Å². The number of nitrogens with one attached hydrogen (secondary N) is 1. The third kappa shape index (κ3) is 3.96. The zero-order valence-corrected chi connectivity index (χ0v) is 10.7. The van der Waals surface area contributed by atoms with Crippen LogP contribution in [0.1, 0.15) is 45.4 Å². The lowest BCUT2D eigenvalue weighted by atomic mass is 9.95. The summed E-state index contributed by atoms with van der Waals surface area (Å²) >= 11 is 0. The molecule has 1 saturated heterocycles. The summed E-state index contributed by atoms with van der Waals surface area (Å²) in [5, 5.41) is 12.7. The van der Waals surface area contributed by atoms with Gasteiger partial charge in [0, 0.05) is 32.1 Å². The average Bonchev–Trinajstić information content (AvgIpc) is 2.25. The summed E-state index contributed by atoms with van der Waals surface area (Å²) in [7, 11) is 0. The van der Waals surface area contributed by atoms with E-state index in [0.717, 1.165) is 19.4 Å². The number of rotatable bonds is 4. The first-order valence-corrected chi connectivity index (χ1v) is 6.79. The van der Waals surface area contributed by atoms with Gasteiger partial charge < -0.3 is 10.4 Å². The van der Waals surface area contributed by atoms with Crippen molar-refractivity contribution in [1.29, 1.82) is 0 Å². The van der Waals surface area contributed by atoms with Crippen LogP contribution in [0.15, 0.2) is 0 Å². The number of carbonyl (C=O) groups is 1. The fourth-order valence-corrected chi connectivity index (χ4v) is 2.88. The molecule has 1 saturated carbocycles. The number of hydrogen-bond donors (Lipinski definition) is 2. The third-order valence-electron chi connectivity index (χ3n) is 3.75. The van der Waals surface area contributed by atoms with Crippen molar-refractivity contribution >= 4 is 5.91 Å². The minimum absolute atomic E-state index is 0.170. The molecule has 98 valence electrons. The van der Waals surface area contributed by atoms with Gasteiger partial charge in [-0.3, -0.25) is 9.69 Å². The molecule has 0 spiro atoms. The van der Waals surface area contributed by atoms with Gasteiger partial charge in [-0.2, -0.15) is 0 Å². The molecule has 2 aliphatic rings. The highest BCUT2D eigenvalue weighted by atomic mass is 16.3. The van der Waals surface area contributed by atoms with Crippen LogP contribution in [0, 0.1) is 0 Å². The number of hydrogen-bond acceptors (Lipinski definition) is 3. The quantitative estimate of drug-likeness (QED) is 0.767. The van der Waals surface area contributed by atoms with Gasteiger partial charge in [-0.25, -0.2) is 0 Å². The number of amides is 1. The molecule has 4 heteroatoms. The highest BCUT2D eigenvalue weighted by Crippen LogP contribution is 2.20. The van der Waals surface area contributed by atoms with Crippen molar-refractivity contribution in [3.63, 3.8) is 0 Å².